The molecule has 0 radical (unpaired) electrons. The van der Waals surface area contributed by atoms with Crippen LogP contribution in [0, 0.1) is 6.92 Å². The summed E-state index contributed by atoms with van der Waals surface area (Å²) >= 11 is 1.75. The third-order valence-corrected chi connectivity index (χ3v) is 8.43. The average Bonchev–Trinajstić information content (AvgIpc) is 3.59. The summed E-state index contributed by atoms with van der Waals surface area (Å²) in [6.45, 7) is 4.61. The van der Waals surface area contributed by atoms with Gasteiger partial charge in [0.05, 0.1) is 19.6 Å². The number of nitrogens with zero attached hydrogens (tertiary/aromatic N) is 2. The molecule has 3 rings (SSSR count). The van der Waals surface area contributed by atoms with Crippen LogP contribution in [-0.4, -0.2) is 84.4 Å². The summed E-state index contributed by atoms with van der Waals surface area (Å²) in [7, 11) is 1.30. The minimum Gasteiger partial charge on any atom is -0.483 e. The van der Waals surface area contributed by atoms with E-state index in [1.165, 1.54) is 7.11 Å². The first-order valence-corrected chi connectivity index (χ1v) is 16.3. The standard InChI is InChI=1S/C30H44N6O7S/c1-19-28(35-30(40)33-19)24(44-4)10-6-7-11-25(37)31-14-8-5-9-15-32-26(38)18-42-23-13-12-21(29-34-20(2)36-43-29)16-22(23)17-27(39)41-3/h12-13,16,19,24,28H,5-11,14-15,17-18H2,1-4H3,(H,31,37)(H,32,38)(H2,33,35,40). The largest absolute Gasteiger partial charge is 0.483 e. The predicted octanol–water partition coefficient (Wildman–Crippen LogP) is 2.90. The molecule has 3 unspecified atom stereocenters. The molecule has 0 bridgehead atoms. The molecule has 4 N–H and O–H groups in total. The highest BCUT2D eigenvalue weighted by atomic mass is 32.2. The van der Waals surface area contributed by atoms with Crippen molar-refractivity contribution >= 4 is 35.6 Å². The minimum absolute atomic E-state index is 0.0397. The lowest BCUT2D eigenvalue weighted by Gasteiger charge is -2.24. The van der Waals surface area contributed by atoms with Gasteiger partial charge in [-0.25, -0.2) is 4.79 Å². The van der Waals surface area contributed by atoms with Crippen LogP contribution in [0.4, 0.5) is 4.79 Å². The zero-order valence-electron chi connectivity index (χ0n) is 25.9. The van der Waals surface area contributed by atoms with E-state index >= 15 is 0 Å². The number of hydrogen-bond donors (Lipinski definition) is 4. The van der Waals surface area contributed by atoms with Crippen LogP contribution in [0.15, 0.2) is 22.7 Å². The van der Waals surface area contributed by atoms with Crippen LogP contribution in [0.3, 0.4) is 0 Å². The van der Waals surface area contributed by atoms with Crippen molar-refractivity contribution in [3.05, 3.63) is 29.6 Å². The molecule has 1 aliphatic rings. The molecule has 0 saturated carbocycles. The van der Waals surface area contributed by atoms with Gasteiger partial charge >= 0.3 is 12.0 Å². The van der Waals surface area contributed by atoms with Gasteiger partial charge in [-0.2, -0.15) is 16.7 Å². The molecular weight excluding hydrogens is 588 g/mol. The summed E-state index contributed by atoms with van der Waals surface area (Å²) in [5.41, 5.74) is 1.16. The van der Waals surface area contributed by atoms with Crippen molar-refractivity contribution in [2.24, 2.45) is 0 Å². The van der Waals surface area contributed by atoms with Gasteiger partial charge in [-0.3, -0.25) is 14.4 Å². The molecule has 2 heterocycles. The summed E-state index contributed by atoms with van der Waals surface area (Å²) in [5.74, 6) is 0.524. The zero-order chi connectivity index (χ0) is 31.9. The molecule has 1 fully saturated rings. The van der Waals surface area contributed by atoms with E-state index in [0.717, 1.165) is 38.5 Å². The number of benzene rings is 1. The number of carbonyl (C=O) groups is 4. The Morgan fingerprint density at radius 2 is 1.82 bits per heavy atom. The van der Waals surface area contributed by atoms with Gasteiger partial charge in [0.2, 0.25) is 5.91 Å². The maximum Gasteiger partial charge on any atom is 0.315 e. The van der Waals surface area contributed by atoms with E-state index in [2.05, 4.69) is 37.7 Å². The fourth-order valence-electron chi connectivity index (χ4n) is 4.90. The molecule has 1 aromatic heterocycles. The fraction of sp³-hybridized carbons (Fsp3) is 0.600. The van der Waals surface area contributed by atoms with Crippen LogP contribution in [0.2, 0.25) is 0 Å². The normalized spacial score (nSPS) is 16.5. The number of carbonyl (C=O) groups excluding carboxylic acids is 4. The lowest BCUT2D eigenvalue weighted by molar-refractivity contribution is -0.139. The molecule has 1 aliphatic heterocycles. The van der Waals surface area contributed by atoms with Crippen LogP contribution >= 0.6 is 11.8 Å². The van der Waals surface area contributed by atoms with Gasteiger partial charge in [0, 0.05) is 41.9 Å². The fourth-order valence-corrected chi connectivity index (χ4v) is 5.90. The quantitative estimate of drug-likeness (QED) is 0.133. The molecule has 1 aromatic carbocycles. The number of hydrogen-bond acceptors (Lipinski definition) is 10. The first-order valence-electron chi connectivity index (χ1n) is 15.0. The van der Waals surface area contributed by atoms with E-state index in [0.29, 0.717) is 53.4 Å². The van der Waals surface area contributed by atoms with Crippen LogP contribution < -0.4 is 26.0 Å². The van der Waals surface area contributed by atoms with Gasteiger partial charge in [0.15, 0.2) is 12.4 Å². The predicted molar refractivity (Wildman–Crippen MR) is 166 cm³/mol. The number of esters is 1. The summed E-state index contributed by atoms with van der Waals surface area (Å²) < 4.78 is 15.7. The van der Waals surface area contributed by atoms with Gasteiger partial charge in [0.1, 0.15) is 5.75 Å². The number of urea groups is 1. The molecule has 0 aliphatic carbocycles. The highest BCUT2D eigenvalue weighted by Crippen LogP contribution is 2.27. The zero-order valence-corrected chi connectivity index (χ0v) is 26.7. The summed E-state index contributed by atoms with van der Waals surface area (Å²) in [6, 6.07) is 5.19. The van der Waals surface area contributed by atoms with Crippen molar-refractivity contribution in [2.45, 2.75) is 82.5 Å². The smallest absolute Gasteiger partial charge is 0.315 e. The van der Waals surface area contributed by atoms with Crippen LogP contribution in [-0.2, 0) is 25.5 Å². The third-order valence-electron chi connectivity index (χ3n) is 7.30. The summed E-state index contributed by atoms with van der Waals surface area (Å²) in [4.78, 5) is 52.2. The lowest BCUT2D eigenvalue weighted by atomic mass is 10.0. The molecule has 3 atom stereocenters. The van der Waals surface area contributed by atoms with Gasteiger partial charge in [0.25, 0.3) is 11.8 Å². The third kappa shape index (κ3) is 11.4. The number of methoxy groups -OCH3 is 1. The first kappa shape index (κ1) is 34.7. The van der Waals surface area contributed by atoms with Gasteiger partial charge in [-0.15, -0.1) is 0 Å². The number of aromatic nitrogens is 2. The maximum absolute atomic E-state index is 12.3. The van der Waals surface area contributed by atoms with E-state index in [9.17, 15) is 19.2 Å². The highest BCUT2D eigenvalue weighted by molar-refractivity contribution is 7.99. The van der Waals surface area contributed by atoms with Crippen molar-refractivity contribution in [1.29, 1.82) is 0 Å². The van der Waals surface area contributed by atoms with E-state index in [1.54, 1.807) is 36.9 Å². The van der Waals surface area contributed by atoms with E-state index < -0.39 is 5.97 Å². The van der Waals surface area contributed by atoms with Crippen LogP contribution in [0.1, 0.15) is 63.3 Å². The minimum atomic E-state index is -0.446. The Bertz CT molecular complexity index is 1260. The highest BCUT2D eigenvalue weighted by Gasteiger charge is 2.33. The number of nitrogens with one attached hydrogen (secondary N) is 4. The molecule has 4 amide bonds. The molecular formula is C30H44N6O7S. The van der Waals surface area contributed by atoms with Crippen LogP contribution in [0.25, 0.3) is 11.5 Å². The van der Waals surface area contributed by atoms with E-state index in [1.807, 2.05) is 6.92 Å². The number of ether oxygens (including phenoxy) is 2. The van der Waals surface area contributed by atoms with Gasteiger partial charge in [-0.1, -0.05) is 11.6 Å². The van der Waals surface area contributed by atoms with Crippen molar-refractivity contribution in [3.63, 3.8) is 0 Å². The lowest BCUT2D eigenvalue weighted by Crippen LogP contribution is -2.40. The Kier molecular flexibility index (Phi) is 14.3. The SMILES string of the molecule is COC(=O)Cc1cc(-c2nc(C)no2)ccc1OCC(=O)NCCCCCNC(=O)CCCCC(SC)C1NC(=O)NC1C. The Balaban J connectivity index is 1.26. The van der Waals surface area contributed by atoms with Crippen LogP contribution in [0.5, 0.6) is 5.75 Å². The van der Waals surface area contributed by atoms with E-state index in [-0.39, 0.29) is 43.0 Å². The second-order valence-electron chi connectivity index (χ2n) is 10.7. The van der Waals surface area contributed by atoms with Crippen molar-refractivity contribution in [3.8, 4) is 17.2 Å². The Hall–Kier alpha value is -3.81. The molecule has 242 valence electrons. The molecule has 13 nitrogen and oxygen atoms in total. The molecule has 2 aromatic rings. The number of amides is 4. The van der Waals surface area contributed by atoms with Gasteiger partial charge in [-0.05, 0) is 70.4 Å². The maximum atomic E-state index is 12.3. The van der Waals surface area contributed by atoms with Crippen molar-refractivity contribution < 1.29 is 33.2 Å². The second kappa shape index (κ2) is 18.1. The van der Waals surface area contributed by atoms with Crippen molar-refractivity contribution in [2.75, 3.05) is 33.1 Å². The number of rotatable bonds is 19. The Morgan fingerprint density at radius 1 is 1.07 bits per heavy atom. The molecule has 44 heavy (non-hydrogen) atoms. The number of aryl methyl sites for hydroxylation is 1. The average molecular weight is 633 g/mol. The Labute approximate surface area is 262 Å². The second-order valence-corrected chi connectivity index (χ2v) is 11.8. The van der Waals surface area contributed by atoms with Gasteiger partial charge < -0.3 is 35.3 Å². The molecule has 1 saturated heterocycles. The monoisotopic (exact) mass is 632 g/mol. The first-order chi connectivity index (χ1) is 21.2. The van der Waals surface area contributed by atoms with Crippen molar-refractivity contribution in [1.82, 2.24) is 31.4 Å². The summed E-state index contributed by atoms with van der Waals surface area (Å²) in [5, 5.41) is 15.8. The molecule has 14 heteroatoms. The topological polar surface area (TPSA) is 174 Å². The number of unbranched alkanes of at least 4 members (excludes halogenated alkanes) is 3. The van der Waals surface area contributed by atoms with E-state index in [4.69, 9.17) is 14.0 Å². The molecule has 0 spiro atoms. The summed E-state index contributed by atoms with van der Waals surface area (Å²) in [6.07, 6.45) is 7.64. The number of thioether (sulfide) groups is 1. The Morgan fingerprint density at radius 3 is 2.45 bits per heavy atom.